The molecule has 1 N–H and O–H groups in total. The summed E-state index contributed by atoms with van der Waals surface area (Å²) < 4.78 is 1.83. The molecule has 1 amide bonds. The van der Waals surface area contributed by atoms with Gasteiger partial charge in [-0.05, 0) is 48.1 Å². The van der Waals surface area contributed by atoms with E-state index >= 15 is 0 Å². The molecule has 1 heterocycles. The molecule has 1 aromatic heterocycles. The average molecular weight is 351 g/mol. The predicted octanol–water partition coefficient (Wildman–Crippen LogP) is 3.84. The fourth-order valence-electron chi connectivity index (χ4n) is 2.50. The van der Waals surface area contributed by atoms with Crippen molar-refractivity contribution in [3.63, 3.8) is 0 Å². The molecule has 0 saturated carbocycles. The topological polar surface area (TPSA) is 46.9 Å². The third-order valence-corrected chi connectivity index (χ3v) is 4.69. The lowest BCUT2D eigenvalue weighted by Crippen LogP contribution is -2.22. The second-order valence-corrected chi connectivity index (χ2v) is 6.63. The van der Waals surface area contributed by atoms with Gasteiger partial charge in [0, 0.05) is 24.1 Å². The first kappa shape index (κ1) is 17.3. The van der Waals surface area contributed by atoms with Crippen molar-refractivity contribution in [2.24, 2.45) is 0 Å². The zero-order valence-electron chi connectivity index (χ0n) is 14.2. The van der Waals surface area contributed by atoms with Crippen molar-refractivity contribution in [2.45, 2.75) is 24.3 Å². The minimum absolute atomic E-state index is 0.0569. The Bertz CT molecular complexity index is 812. The van der Waals surface area contributed by atoms with Crippen molar-refractivity contribution in [3.8, 4) is 5.69 Å². The summed E-state index contributed by atoms with van der Waals surface area (Å²) >= 11 is 1.71. The quantitative estimate of drug-likeness (QED) is 0.658. The third kappa shape index (κ3) is 4.97. The normalized spacial score (nSPS) is 10.6. The number of benzene rings is 2. The van der Waals surface area contributed by atoms with Crippen molar-refractivity contribution in [3.05, 3.63) is 78.1 Å². The van der Waals surface area contributed by atoms with Crippen LogP contribution in [-0.2, 0) is 17.8 Å². The number of para-hydroxylation sites is 1. The van der Waals surface area contributed by atoms with E-state index in [1.807, 2.05) is 47.4 Å². The van der Waals surface area contributed by atoms with E-state index in [1.54, 1.807) is 11.8 Å². The highest BCUT2D eigenvalue weighted by Gasteiger charge is 2.05. The number of carbonyl (C=O) groups excluding carboxylic acids is 1. The molecule has 25 heavy (non-hydrogen) atoms. The van der Waals surface area contributed by atoms with Crippen LogP contribution in [0.2, 0.25) is 0 Å². The SMILES string of the molecule is CSc1ccc(CNC(=O)CCc2cnn(-c3ccccc3)c2)cc1. The van der Waals surface area contributed by atoms with Crippen LogP contribution in [0.15, 0.2) is 71.9 Å². The Kier molecular flexibility index (Phi) is 5.90. The molecule has 0 aliphatic rings. The van der Waals surface area contributed by atoms with E-state index in [9.17, 15) is 4.79 Å². The van der Waals surface area contributed by atoms with E-state index in [4.69, 9.17) is 0 Å². The van der Waals surface area contributed by atoms with Crippen molar-refractivity contribution in [2.75, 3.05) is 6.26 Å². The number of aryl methyl sites for hydroxylation is 1. The largest absolute Gasteiger partial charge is 0.352 e. The number of carbonyl (C=O) groups is 1. The van der Waals surface area contributed by atoms with Gasteiger partial charge in [-0.3, -0.25) is 4.79 Å². The molecule has 0 unspecified atom stereocenters. The van der Waals surface area contributed by atoms with Crippen molar-refractivity contribution >= 4 is 17.7 Å². The van der Waals surface area contributed by atoms with Gasteiger partial charge in [0.15, 0.2) is 0 Å². The molecule has 0 fully saturated rings. The Morgan fingerprint density at radius 1 is 1.08 bits per heavy atom. The lowest BCUT2D eigenvalue weighted by Gasteiger charge is -2.05. The predicted molar refractivity (Wildman–Crippen MR) is 102 cm³/mol. The van der Waals surface area contributed by atoms with Crippen LogP contribution in [0.5, 0.6) is 0 Å². The fraction of sp³-hybridized carbons (Fsp3) is 0.200. The number of amides is 1. The minimum Gasteiger partial charge on any atom is -0.352 e. The molecule has 0 bridgehead atoms. The van der Waals surface area contributed by atoms with E-state index in [-0.39, 0.29) is 5.91 Å². The van der Waals surface area contributed by atoms with Crippen LogP contribution in [-0.4, -0.2) is 21.9 Å². The van der Waals surface area contributed by atoms with Gasteiger partial charge in [-0.25, -0.2) is 4.68 Å². The summed E-state index contributed by atoms with van der Waals surface area (Å²) in [6, 6.07) is 18.2. The summed E-state index contributed by atoms with van der Waals surface area (Å²) in [5.74, 6) is 0.0569. The zero-order chi connectivity index (χ0) is 17.5. The molecule has 0 radical (unpaired) electrons. The van der Waals surface area contributed by atoms with Crippen LogP contribution in [0, 0.1) is 0 Å². The van der Waals surface area contributed by atoms with Gasteiger partial charge in [0.2, 0.25) is 5.91 Å². The van der Waals surface area contributed by atoms with Gasteiger partial charge in [-0.15, -0.1) is 11.8 Å². The highest BCUT2D eigenvalue weighted by molar-refractivity contribution is 7.98. The average Bonchev–Trinajstić information content (AvgIpc) is 3.15. The maximum absolute atomic E-state index is 12.0. The molecule has 0 spiro atoms. The van der Waals surface area contributed by atoms with Crippen LogP contribution < -0.4 is 5.32 Å². The summed E-state index contributed by atoms with van der Waals surface area (Å²) in [5.41, 5.74) is 3.19. The van der Waals surface area contributed by atoms with Gasteiger partial charge in [-0.1, -0.05) is 30.3 Å². The number of aromatic nitrogens is 2. The Labute approximate surface area is 152 Å². The number of hydrogen-bond acceptors (Lipinski definition) is 3. The monoisotopic (exact) mass is 351 g/mol. The highest BCUT2D eigenvalue weighted by Crippen LogP contribution is 2.14. The van der Waals surface area contributed by atoms with E-state index in [2.05, 4.69) is 40.9 Å². The second-order valence-electron chi connectivity index (χ2n) is 5.75. The Balaban J connectivity index is 1.46. The molecule has 0 aliphatic carbocycles. The van der Waals surface area contributed by atoms with Crippen LogP contribution in [0.25, 0.3) is 5.69 Å². The molecular weight excluding hydrogens is 330 g/mol. The molecule has 5 heteroatoms. The van der Waals surface area contributed by atoms with Crippen LogP contribution in [0.3, 0.4) is 0 Å². The number of nitrogens with one attached hydrogen (secondary N) is 1. The number of hydrogen-bond donors (Lipinski definition) is 1. The summed E-state index contributed by atoms with van der Waals surface area (Å²) in [7, 11) is 0. The third-order valence-electron chi connectivity index (χ3n) is 3.95. The summed E-state index contributed by atoms with van der Waals surface area (Å²) in [5, 5.41) is 7.33. The maximum atomic E-state index is 12.0. The van der Waals surface area contributed by atoms with Gasteiger partial charge < -0.3 is 5.32 Å². The highest BCUT2D eigenvalue weighted by atomic mass is 32.2. The number of rotatable bonds is 7. The Morgan fingerprint density at radius 2 is 1.84 bits per heavy atom. The number of nitrogens with zero attached hydrogens (tertiary/aromatic N) is 2. The summed E-state index contributed by atoms with van der Waals surface area (Å²) in [6.07, 6.45) is 7.00. The van der Waals surface area contributed by atoms with E-state index in [0.29, 0.717) is 19.4 Å². The molecule has 3 rings (SSSR count). The maximum Gasteiger partial charge on any atom is 0.220 e. The molecule has 0 aliphatic heterocycles. The second kappa shape index (κ2) is 8.53. The summed E-state index contributed by atoms with van der Waals surface area (Å²) in [4.78, 5) is 13.3. The van der Waals surface area contributed by atoms with Gasteiger partial charge in [0.25, 0.3) is 0 Å². The number of thioether (sulfide) groups is 1. The lowest BCUT2D eigenvalue weighted by molar-refractivity contribution is -0.121. The lowest BCUT2D eigenvalue weighted by atomic mass is 10.2. The molecule has 3 aromatic rings. The van der Waals surface area contributed by atoms with Gasteiger partial charge >= 0.3 is 0 Å². The van der Waals surface area contributed by atoms with Gasteiger partial charge in [0.05, 0.1) is 11.9 Å². The molecular formula is C20H21N3OS. The van der Waals surface area contributed by atoms with Gasteiger partial charge in [-0.2, -0.15) is 5.10 Å². The molecule has 0 atom stereocenters. The Hall–Kier alpha value is -2.53. The fourth-order valence-corrected chi connectivity index (χ4v) is 2.91. The van der Waals surface area contributed by atoms with Crippen molar-refractivity contribution in [1.82, 2.24) is 15.1 Å². The first-order valence-corrected chi connectivity index (χ1v) is 9.45. The summed E-state index contributed by atoms with van der Waals surface area (Å²) in [6.45, 7) is 0.566. The standard InChI is InChI=1S/C20H21N3OS/c1-25-19-10-7-16(8-11-19)13-21-20(24)12-9-17-14-22-23(15-17)18-5-3-2-4-6-18/h2-8,10-11,14-15H,9,12-13H2,1H3,(H,21,24). The zero-order valence-corrected chi connectivity index (χ0v) is 15.0. The Morgan fingerprint density at radius 3 is 2.56 bits per heavy atom. The van der Waals surface area contributed by atoms with E-state index in [1.165, 1.54) is 4.90 Å². The van der Waals surface area contributed by atoms with Gasteiger partial charge in [0.1, 0.15) is 0 Å². The van der Waals surface area contributed by atoms with E-state index < -0.39 is 0 Å². The smallest absolute Gasteiger partial charge is 0.220 e. The van der Waals surface area contributed by atoms with Crippen LogP contribution >= 0.6 is 11.8 Å². The molecule has 2 aromatic carbocycles. The van der Waals surface area contributed by atoms with Crippen molar-refractivity contribution < 1.29 is 4.79 Å². The first-order valence-electron chi connectivity index (χ1n) is 8.23. The van der Waals surface area contributed by atoms with Crippen molar-refractivity contribution in [1.29, 1.82) is 0 Å². The van der Waals surface area contributed by atoms with E-state index in [0.717, 1.165) is 16.8 Å². The van der Waals surface area contributed by atoms with Crippen LogP contribution in [0.1, 0.15) is 17.5 Å². The minimum atomic E-state index is 0.0569. The first-order chi connectivity index (χ1) is 12.2. The molecule has 4 nitrogen and oxygen atoms in total. The molecule has 0 saturated heterocycles. The van der Waals surface area contributed by atoms with Crippen LogP contribution in [0.4, 0.5) is 0 Å². The molecule has 128 valence electrons.